The van der Waals surface area contributed by atoms with Crippen LogP contribution in [-0.4, -0.2) is 4.57 Å². The number of aromatic nitrogens is 1. The first kappa shape index (κ1) is 30.4. The Morgan fingerprint density at radius 2 is 1.02 bits per heavy atom. The van der Waals surface area contributed by atoms with E-state index in [0.717, 1.165) is 0 Å². The molecule has 0 atom stereocenters. The van der Waals surface area contributed by atoms with Gasteiger partial charge in [-0.2, -0.15) is 0 Å². The molecule has 2 heterocycles. The number of thiophene rings is 1. The minimum atomic E-state index is -0.0935. The molecule has 0 aliphatic heterocycles. The summed E-state index contributed by atoms with van der Waals surface area (Å²) in [7, 11) is 0. The fourth-order valence-electron chi connectivity index (χ4n) is 8.90. The van der Waals surface area contributed by atoms with Crippen molar-refractivity contribution in [2.75, 3.05) is 0 Å². The van der Waals surface area contributed by atoms with E-state index in [1.807, 2.05) is 11.3 Å². The van der Waals surface area contributed by atoms with E-state index in [2.05, 4.69) is 194 Å². The standard InChI is InChI=1S/C51H35NS/c1-51(2)44-27-26-41-40-15-9-10-16-48(40)53-50(41)49(44)42-25-22-36(30-45(42)51)37-21-24-39-43-29-35(34-19-17-33(18-20-34)32-11-5-3-6-12-32)23-28-46(43)52(47(39)31-37)38-13-7-4-8-14-38/h3-31H,1-2H3. The van der Waals surface area contributed by atoms with Gasteiger partial charge in [-0.1, -0.05) is 147 Å². The molecule has 0 spiro atoms. The topological polar surface area (TPSA) is 4.93 Å². The SMILES string of the molecule is CC1(C)c2cc(-c3ccc4c5cc(-c6ccc(-c7ccccc7)cc6)ccc5n(-c5ccccc5)c4c3)ccc2-c2c1ccc1c2sc2ccccc21. The van der Waals surface area contributed by atoms with Gasteiger partial charge in [0.15, 0.2) is 0 Å². The van der Waals surface area contributed by atoms with Crippen LogP contribution in [0.3, 0.4) is 0 Å². The first-order chi connectivity index (χ1) is 26.0. The fraction of sp³-hybridized carbons (Fsp3) is 0.0588. The Kier molecular flexibility index (Phi) is 6.53. The van der Waals surface area contributed by atoms with Gasteiger partial charge in [0, 0.05) is 47.6 Å². The smallest absolute Gasteiger partial charge is 0.0547 e. The van der Waals surface area contributed by atoms with Gasteiger partial charge in [0.1, 0.15) is 0 Å². The molecule has 2 aromatic heterocycles. The molecule has 2 heteroatoms. The summed E-state index contributed by atoms with van der Waals surface area (Å²) in [6.07, 6.45) is 0. The average Bonchev–Trinajstić information content (AvgIpc) is 3.83. The van der Waals surface area contributed by atoms with E-state index in [0.29, 0.717) is 0 Å². The van der Waals surface area contributed by atoms with Crippen molar-refractivity contribution in [1.29, 1.82) is 0 Å². The highest BCUT2D eigenvalue weighted by Gasteiger charge is 2.37. The maximum Gasteiger partial charge on any atom is 0.0547 e. The van der Waals surface area contributed by atoms with Crippen molar-refractivity contribution in [2.45, 2.75) is 19.3 Å². The van der Waals surface area contributed by atoms with Crippen LogP contribution >= 0.6 is 11.3 Å². The first-order valence-electron chi connectivity index (χ1n) is 18.4. The second-order valence-electron chi connectivity index (χ2n) is 14.9. The third-order valence-corrected chi connectivity index (χ3v) is 12.8. The summed E-state index contributed by atoms with van der Waals surface area (Å²) in [4.78, 5) is 0. The van der Waals surface area contributed by atoms with Crippen LogP contribution < -0.4 is 0 Å². The second kappa shape index (κ2) is 11.4. The molecule has 1 aliphatic carbocycles. The molecule has 11 rings (SSSR count). The monoisotopic (exact) mass is 693 g/mol. The Balaban J connectivity index is 1.05. The van der Waals surface area contributed by atoms with Crippen molar-refractivity contribution >= 4 is 53.3 Å². The maximum atomic E-state index is 2.46. The minimum Gasteiger partial charge on any atom is -0.309 e. The number of benzene rings is 8. The highest BCUT2D eigenvalue weighted by molar-refractivity contribution is 7.26. The minimum absolute atomic E-state index is 0.0935. The van der Waals surface area contributed by atoms with Gasteiger partial charge < -0.3 is 4.57 Å². The number of hydrogen-bond donors (Lipinski definition) is 0. The Labute approximate surface area is 313 Å². The molecular formula is C51H35NS. The largest absolute Gasteiger partial charge is 0.309 e. The van der Waals surface area contributed by atoms with E-state index in [4.69, 9.17) is 0 Å². The van der Waals surface area contributed by atoms with Crippen molar-refractivity contribution in [3.8, 4) is 50.2 Å². The lowest BCUT2D eigenvalue weighted by Crippen LogP contribution is -2.14. The van der Waals surface area contributed by atoms with Crippen molar-refractivity contribution in [1.82, 2.24) is 4.57 Å². The van der Waals surface area contributed by atoms with E-state index in [1.165, 1.54) is 103 Å². The Morgan fingerprint density at radius 3 is 1.83 bits per heavy atom. The lowest BCUT2D eigenvalue weighted by Gasteiger charge is -2.22. The first-order valence-corrected chi connectivity index (χ1v) is 19.2. The Morgan fingerprint density at radius 1 is 0.415 bits per heavy atom. The predicted molar refractivity (Wildman–Crippen MR) is 228 cm³/mol. The number of nitrogens with zero attached hydrogens (tertiary/aromatic N) is 1. The zero-order valence-electron chi connectivity index (χ0n) is 29.6. The van der Waals surface area contributed by atoms with Crippen molar-refractivity contribution in [2.24, 2.45) is 0 Å². The van der Waals surface area contributed by atoms with Gasteiger partial charge in [-0.05, 0) is 92.5 Å². The maximum absolute atomic E-state index is 2.46. The molecule has 10 aromatic rings. The predicted octanol–water partition coefficient (Wildman–Crippen LogP) is 14.5. The van der Waals surface area contributed by atoms with E-state index in [-0.39, 0.29) is 5.41 Å². The van der Waals surface area contributed by atoms with Crippen LogP contribution in [-0.2, 0) is 5.41 Å². The number of rotatable bonds is 4. The van der Waals surface area contributed by atoms with Crippen molar-refractivity contribution < 1.29 is 0 Å². The van der Waals surface area contributed by atoms with Gasteiger partial charge in [-0.15, -0.1) is 11.3 Å². The van der Waals surface area contributed by atoms with Crippen LogP contribution in [0.1, 0.15) is 25.0 Å². The molecular weight excluding hydrogens is 659 g/mol. The lowest BCUT2D eigenvalue weighted by molar-refractivity contribution is 0.661. The van der Waals surface area contributed by atoms with E-state index < -0.39 is 0 Å². The normalized spacial score (nSPS) is 13.2. The third kappa shape index (κ3) is 4.56. The van der Waals surface area contributed by atoms with Gasteiger partial charge in [-0.25, -0.2) is 0 Å². The molecule has 1 aliphatic rings. The van der Waals surface area contributed by atoms with Gasteiger partial charge >= 0.3 is 0 Å². The number of hydrogen-bond acceptors (Lipinski definition) is 1. The molecule has 0 amide bonds. The van der Waals surface area contributed by atoms with Crippen LogP contribution in [0.2, 0.25) is 0 Å². The van der Waals surface area contributed by atoms with E-state index in [9.17, 15) is 0 Å². The molecule has 0 fully saturated rings. The second-order valence-corrected chi connectivity index (χ2v) is 16.0. The van der Waals surface area contributed by atoms with Crippen LogP contribution in [0.15, 0.2) is 176 Å². The van der Waals surface area contributed by atoms with Crippen LogP contribution in [0.5, 0.6) is 0 Å². The zero-order chi connectivity index (χ0) is 35.3. The van der Waals surface area contributed by atoms with Gasteiger partial charge in [0.2, 0.25) is 0 Å². The quantitative estimate of drug-likeness (QED) is 0.173. The van der Waals surface area contributed by atoms with Crippen LogP contribution in [0.4, 0.5) is 0 Å². The third-order valence-electron chi connectivity index (χ3n) is 11.6. The number of fused-ring (bicyclic) bond motifs is 10. The Hall–Kier alpha value is -6.22. The average molecular weight is 694 g/mol. The molecule has 0 bridgehead atoms. The van der Waals surface area contributed by atoms with E-state index in [1.54, 1.807) is 0 Å². The molecule has 0 saturated carbocycles. The summed E-state index contributed by atoms with van der Waals surface area (Å²) in [5.74, 6) is 0. The van der Waals surface area contributed by atoms with Crippen molar-refractivity contribution in [3.05, 3.63) is 187 Å². The fourth-order valence-corrected chi connectivity index (χ4v) is 10.2. The van der Waals surface area contributed by atoms with Crippen molar-refractivity contribution in [3.63, 3.8) is 0 Å². The summed E-state index contributed by atoms with van der Waals surface area (Å²) in [5, 5.41) is 5.24. The summed E-state index contributed by atoms with van der Waals surface area (Å²) < 4.78 is 5.19. The molecule has 1 nitrogen and oxygen atoms in total. The summed E-state index contributed by atoms with van der Waals surface area (Å²) in [6.45, 7) is 4.79. The highest BCUT2D eigenvalue weighted by atomic mass is 32.1. The van der Waals surface area contributed by atoms with Gasteiger partial charge in [0.25, 0.3) is 0 Å². The molecule has 250 valence electrons. The number of para-hydroxylation sites is 1. The highest BCUT2D eigenvalue weighted by Crippen LogP contribution is 2.54. The van der Waals surface area contributed by atoms with Gasteiger partial charge in [-0.3, -0.25) is 0 Å². The summed E-state index contributed by atoms with van der Waals surface area (Å²) >= 11 is 1.93. The molecule has 0 radical (unpaired) electrons. The molecule has 53 heavy (non-hydrogen) atoms. The van der Waals surface area contributed by atoms with E-state index >= 15 is 0 Å². The molecule has 8 aromatic carbocycles. The van der Waals surface area contributed by atoms with Gasteiger partial charge in [0.05, 0.1) is 11.0 Å². The Bertz CT molecular complexity index is 3050. The van der Waals surface area contributed by atoms with Crippen LogP contribution in [0.25, 0.3) is 92.2 Å². The van der Waals surface area contributed by atoms with Crippen LogP contribution in [0, 0.1) is 0 Å². The molecule has 0 saturated heterocycles. The lowest BCUT2D eigenvalue weighted by atomic mass is 9.81. The summed E-state index contributed by atoms with van der Waals surface area (Å²) in [5.41, 5.74) is 16.5. The summed E-state index contributed by atoms with van der Waals surface area (Å²) in [6, 6.07) is 65.1. The zero-order valence-corrected chi connectivity index (χ0v) is 30.4. The molecule has 0 unspecified atom stereocenters. The molecule has 0 N–H and O–H groups in total.